The normalized spacial score (nSPS) is 12.3. The molecule has 1 unspecified atom stereocenters. The predicted octanol–water partition coefficient (Wildman–Crippen LogP) is 7.35. The van der Waals surface area contributed by atoms with Crippen molar-refractivity contribution in [2.24, 2.45) is 0 Å². The molecule has 0 fully saturated rings. The Bertz CT molecular complexity index is 834. The van der Waals surface area contributed by atoms with E-state index in [1.165, 1.54) is 49.7 Å². The van der Waals surface area contributed by atoms with E-state index in [9.17, 15) is 4.79 Å². The Morgan fingerprint density at radius 2 is 1.57 bits per heavy atom. The van der Waals surface area contributed by atoms with Gasteiger partial charge in [0.2, 0.25) is 0 Å². The van der Waals surface area contributed by atoms with Crippen LogP contribution in [-0.2, 0) is 22.5 Å². The lowest BCUT2D eigenvalue weighted by atomic mass is 10.0. The number of esters is 1. The molecule has 0 N–H and O–H groups in total. The van der Waals surface area contributed by atoms with Gasteiger partial charge < -0.3 is 14.0 Å². The van der Waals surface area contributed by atoms with E-state index in [0.29, 0.717) is 19.4 Å². The molecule has 194 valence electrons. The predicted molar refractivity (Wildman–Crippen MR) is 146 cm³/mol. The molecule has 4 heteroatoms. The Labute approximate surface area is 214 Å². The van der Waals surface area contributed by atoms with E-state index in [4.69, 9.17) is 9.47 Å². The first-order valence-electron chi connectivity index (χ1n) is 13.7. The van der Waals surface area contributed by atoms with Crippen molar-refractivity contribution in [3.05, 3.63) is 65.7 Å². The van der Waals surface area contributed by atoms with E-state index in [0.717, 1.165) is 36.2 Å². The zero-order valence-corrected chi connectivity index (χ0v) is 22.6. The lowest BCUT2D eigenvalue weighted by Gasteiger charge is -2.29. The summed E-state index contributed by atoms with van der Waals surface area (Å²) in [7, 11) is 4.42. The highest BCUT2D eigenvalue weighted by molar-refractivity contribution is 5.69. The van der Waals surface area contributed by atoms with Crippen LogP contribution < -0.4 is 4.74 Å². The van der Waals surface area contributed by atoms with Gasteiger partial charge in [0, 0.05) is 18.4 Å². The average Bonchev–Trinajstić information content (AvgIpc) is 2.82. The van der Waals surface area contributed by atoms with Gasteiger partial charge in [-0.3, -0.25) is 4.79 Å². The highest BCUT2D eigenvalue weighted by Gasteiger charge is 2.17. The monoisotopic (exact) mass is 482 g/mol. The topological polar surface area (TPSA) is 35.5 Å². The lowest BCUT2D eigenvalue weighted by molar-refractivity contribution is -0.903. The van der Waals surface area contributed by atoms with Gasteiger partial charge in [0.25, 0.3) is 0 Å². The molecule has 0 amide bonds. The number of benzene rings is 2. The van der Waals surface area contributed by atoms with E-state index in [1.54, 1.807) is 0 Å². The van der Waals surface area contributed by atoms with Crippen LogP contribution in [0.3, 0.4) is 0 Å². The van der Waals surface area contributed by atoms with Crippen LogP contribution in [0.2, 0.25) is 0 Å². The van der Waals surface area contributed by atoms with E-state index in [-0.39, 0.29) is 12.1 Å². The Morgan fingerprint density at radius 3 is 2.34 bits per heavy atom. The van der Waals surface area contributed by atoms with Crippen molar-refractivity contribution in [3.8, 4) is 5.75 Å². The summed E-state index contributed by atoms with van der Waals surface area (Å²) in [5.41, 5.74) is 2.60. The van der Waals surface area contributed by atoms with Crippen LogP contribution in [0.4, 0.5) is 0 Å². The van der Waals surface area contributed by atoms with Crippen LogP contribution in [0, 0.1) is 0 Å². The summed E-state index contributed by atoms with van der Waals surface area (Å²) >= 11 is 0. The fraction of sp³-hybridized carbons (Fsp3) is 0.581. The fourth-order valence-electron chi connectivity index (χ4n) is 4.42. The van der Waals surface area contributed by atoms with Crippen LogP contribution in [0.15, 0.2) is 54.6 Å². The smallest absolute Gasteiger partial charge is 0.306 e. The first-order chi connectivity index (χ1) is 16.9. The molecule has 0 aromatic heterocycles. The Morgan fingerprint density at radius 1 is 0.886 bits per heavy atom. The zero-order chi connectivity index (χ0) is 25.4. The minimum Gasteiger partial charge on any atom is -0.490 e. The van der Waals surface area contributed by atoms with Crippen LogP contribution in [0.25, 0.3) is 0 Å². The molecular weight excluding hydrogens is 434 g/mol. The average molecular weight is 483 g/mol. The molecule has 2 aromatic carbocycles. The summed E-state index contributed by atoms with van der Waals surface area (Å²) in [4.78, 5) is 12.2. The molecule has 2 rings (SSSR count). The Balaban J connectivity index is 1.62. The van der Waals surface area contributed by atoms with Crippen molar-refractivity contribution in [3.63, 3.8) is 0 Å². The number of rotatable bonds is 18. The summed E-state index contributed by atoms with van der Waals surface area (Å²) in [6.07, 6.45) is 10.8. The number of para-hydroxylation sites is 1. The maximum atomic E-state index is 12.2. The SMILES string of the molecule is CCCCCCCCc1ccccc1OC(C)CCOC(=O)CCC[N+](C)(C)Cc1ccccc1. The molecule has 0 bridgehead atoms. The molecule has 0 saturated carbocycles. The van der Waals surface area contributed by atoms with Gasteiger partial charge in [-0.25, -0.2) is 0 Å². The summed E-state index contributed by atoms with van der Waals surface area (Å²) in [5.74, 6) is 0.860. The van der Waals surface area contributed by atoms with E-state index >= 15 is 0 Å². The van der Waals surface area contributed by atoms with Crippen LogP contribution in [0.1, 0.15) is 82.8 Å². The van der Waals surface area contributed by atoms with Crippen molar-refractivity contribution < 1.29 is 18.8 Å². The number of hydrogen-bond donors (Lipinski definition) is 0. The lowest BCUT2D eigenvalue weighted by Crippen LogP contribution is -2.39. The minimum atomic E-state index is -0.111. The molecule has 0 radical (unpaired) electrons. The van der Waals surface area contributed by atoms with Crippen LogP contribution in [0.5, 0.6) is 5.75 Å². The third-order valence-corrected chi connectivity index (χ3v) is 6.49. The summed E-state index contributed by atoms with van der Waals surface area (Å²) in [6.45, 7) is 6.62. The first-order valence-corrected chi connectivity index (χ1v) is 13.7. The van der Waals surface area contributed by atoms with Crippen molar-refractivity contribution in [1.82, 2.24) is 0 Å². The van der Waals surface area contributed by atoms with Crippen molar-refractivity contribution in [1.29, 1.82) is 0 Å². The standard InChI is InChI=1S/C31H48NO3/c1-5-6-7-8-9-13-19-29-20-14-15-21-30(29)35-27(2)23-25-34-31(33)22-16-24-32(3,4)26-28-17-11-10-12-18-28/h10-12,14-15,17-18,20-21,27H,5-9,13,16,19,22-26H2,1-4H3/q+1. The summed E-state index contributed by atoms with van der Waals surface area (Å²) in [6, 6.07) is 18.9. The zero-order valence-electron chi connectivity index (χ0n) is 22.6. The number of carbonyl (C=O) groups excluding carboxylic acids is 1. The number of quaternary nitrogens is 1. The van der Waals surface area contributed by atoms with E-state index < -0.39 is 0 Å². The van der Waals surface area contributed by atoms with Gasteiger partial charge in [0.05, 0.1) is 39.8 Å². The Kier molecular flexibility index (Phi) is 13.5. The molecule has 0 heterocycles. The fourth-order valence-corrected chi connectivity index (χ4v) is 4.42. The summed E-state index contributed by atoms with van der Waals surface area (Å²) in [5, 5.41) is 0. The highest BCUT2D eigenvalue weighted by Crippen LogP contribution is 2.23. The quantitative estimate of drug-likeness (QED) is 0.127. The summed E-state index contributed by atoms with van der Waals surface area (Å²) < 4.78 is 12.6. The molecule has 0 aliphatic heterocycles. The minimum absolute atomic E-state index is 0.00924. The number of unbranched alkanes of at least 4 members (excludes halogenated alkanes) is 5. The molecule has 0 aliphatic carbocycles. The molecular formula is C31H48NO3+. The Hall–Kier alpha value is -2.33. The van der Waals surface area contributed by atoms with Gasteiger partial charge in [0.1, 0.15) is 12.3 Å². The van der Waals surface area contributed by atoms with Gasteiger partial charge in [-0.05, 0) is 31.4 Å². The van der Waals surface area contributed by atoms with Gasteiger partial charge >= 0.3 is 5.97 Å². The second-order valence-corrected chi connectivity index (χ2v) is 10.5. The number of carbonyl (C=O) groups is 1. The maximum Gasteiger partial charge on any atom is 0.306 e. The second kappa shape index (κ2) is 16.4. The molecule has 4 nitrogen and oxygen atoms in total. The van der Waals surface area contributed by atoms with E-state index in [1.807, 2.05) is 12.1 Å². The van der Waals surface area contributed by atoms with Gasteiger partial charge in [0.15, 0.2) is 0 Å². The molecule has 2 aromatic rings. The van der Waals surface area contributed by atoms with E-state index in [2.05, 4.69) is 70.4 Å². The van der Waals surface area contributed by atoms with Crippen LogP contribution >= 0.6 is 0 Å². The first kappa shape index (κ1) is 28.9. The third-order valence-electron chi connectivity index (χ3n) is 6.49. The maximum absolute atomic E-state index is 12.2. The molecule has 35 heavy (non-hydrogen) atoms. The van der Waals surface area contributed by atoms with Crippen molar-refractivity contribution in [2.45, 2.75) is 90.7 Å². The second-order valence-electron chi connectivity index (χ2n) is 10.5. The number of ether oxygens (including phenoxy) is 2. The van der Waals surface area contributed by atoms with Gasteiger partial charge in [-0.1, -0.05) is 87.6 Å². The van der Waals surface area contributed by atoms with Crippen molar-refractivity contribution >= 4 is 5.97 Å². The number of nitrogens with zero attached hydrogens (tertiary/aromatic N) is 1. The largest absolute Gasteiger partial charge is 0.490 e. The third kappa shape index (κ3) is 12.8. The van der Waals surface area contributed by atoms with Crippen LogP contribution in [-0.4, -0.2) is 43.8 Å². The molecule has 0 spiro atoms. The molecule has 0 saturated heterocycles. The number of hydrogen-bond acceptors (Lipinski definition) is 3. The molecule has 1 atom stereocenters. The number of aryl methyl sites for hydroxylation is 1. The van der Waals surface area contributed by atoms with Gasteiger partial charge in [-0.2, -0.15) is 0 Å². The molecule has 0 aliphatic rings. The highest BCUT2D eigenvalue weighted by atomic mass is 16.5. The van der Waals surface area contributed by atoms with Crippen molar-refractivity contribution in [2.75, 3.05) is 27.2 Å². The van der Waals surface area contributed by atoms with Gasteiger partial charge in [-0.15, -0.1) is 0 Å².